The number of pyridine rings is 1. The summed E-state index contributed by atoms with van der Waals surface area (Å²) in [5.41, 5.74) is 1.22. The SMILES string of the molecule is CCn1c(C)cc(O)c([C@@H](c2cccs2)[NH+]2CC[NH+](CCO)CC2)c1=O. The second kappa shape index (κ2) is 8.35. The molecule has 142 valence electrons. The molecule has 2 aromatic rings. The molecule has 0 aromatic carbocycles. The Morgan fingerprint density at radius 1 is 1.31 bits per heavy atom. The van der Waals surface area contributed by atoms with Crippen molar-refractivity contribution < 1.29 is 20.0 Å². The zero-order valence-corrected chi connectivity index (χ0v) is 16.3. The number of hydrogen-bond donors (Lipinski definition) is 4. The molecule has 7 heteroatoms. The number of hydrogen-bond acceptors (Lipinski definition) is 4. The van der Waals surface area contributed by atoms with Gasteiger partial charge < -0.3 is 24.6 Å². The summed E-state index contributed by atoms with van der Waals surface area (Å²) in [5.74, 6) is 0.105. The molecule has 3 rings (SSSR count). The topological polar surface area (TPSA) is 71.3 Å². The molecule has 0 aliphatic carbocycles. The van der Waals surface area contributed by atoms with Crippen molar-refractivity contribution in [1.29, 1.82) is 0 Å². The molecular formula is C19H29N3O3S+2. The lowest BCUT2D eigenvalue weighted by molar-refractivity contribution is -1.02. The molecule has 1 aliphatic rings. The van der Waals surface area contributed by atoms with E-state index >= 15 is 0 Å². The van der Waals surface area contributed by atoms with Gasteiger partial charge in [0, 0.05) is 12.2 Å². The highest BCUT2D eigenvalue weighted by Gasteiger charge is 2.36. The number of aliphatic hydroxyl groups is 1. The van der Waals surface area contributed by atoms with E-state index in [1.165, 1.54) is 9.80 Å². The number of rotatable bonds is 6. The summed E-state index contributed by atoms with van der Waals surface area (Å²) < 4.78 is 1.74. The minimum Gasteiger partial charge on any atom is -0.507 e. The van der Waals surface area contributed by atoms with Crippen LogP contribution in [0.15, 0.2) is 28.4 Å². The van der Waals surface area contributed by atoms with Crippen LogP contribution in [0.2, 0.25) is 0 Å². The average Bonchev–Trinajstić information content (AvgIpc) is 3.14. The normalized spacial score (nSPS) is 21.7. The van der Waals surface area contributed by atoms with Crippen LogP contribution in [0.25, 0.3) is 0 Å². The summed E-state index contributed by atoms with van der Waals surface area (Å²) in [7, 11) is 0. The number of aryl methyl sites for hydroxylation is 1. The first-order valence-electron chi connectivity index (χ1n) is 9.32. The van der Waals surface area contributed by atoms with Crippen LogP contribution in [0.1, 0.15) is 29.1 Å². The molecular weight excluding hydrogens is 350 g/mol. The van der Waals surface area contributed by atoms with Gasteiger partial charge in [0.2, 0.25) is 0 Å². The van der Waals surface area contributed by atoms with Gasteiger partial charge in [-0.3, -0.25) is 4.79 Å². The molecule has 6 nitrogen and oxygen atoms in total. The van der Waals surface area contributed by atoms with E-state index in [0.29, 0.717) is 12.1 Å². The maximum absolute atomic E-state index is 13.1. The molecule has 0 unspecified atom stereocenters. The fourth-order valence-electron chi connectivity index (χ4n) is 4.06. The summed E-state index contributed by atoms with van der Waals surface area (Å²) in [5, 5.41) is 21.9. The Hall–Kier alpha value is -1.67. The summed E-state index contributed by atoms with van der Waals surface area (Å²) in [6.07, 6.45) is 0. The number of quaternary nitrogens is 2. The Kier molecular flexibility index (Phi) is 6.13. The highest BCUT2D eigenvalue weighted by Crippen LogP contribution is 2.28. The van der Waals surface area contributed by atoms with Crippen molar-refractivity contribution in [2.45, 2.75) is 26.4 Å². The van der Waals surface area contributed by atoms with Crippen molar-refractivity contribution in [3.05, 3.63) is 50.1 Å². The predicted octanol–water partition coefficient (Wildman–Crippen LogP) is -1.19. The lowest BCUT2D eigenvalue weighted by Crippen LogP contribution is -3.28. The lowest BCUT2D eigenvalue weighted by atomic mass is 10.0. The first-order valence-corrected chi connectivity index (χ1v) is 10.2. The Morgan fingerprint density at radius 3 is 2.62 bits per heavy atom. The van der Waals surface area contributed by atoms with E-state index in [4.69, 9.17) is 0 Å². The van der Waals surface area contributed by atoms with E-state index in [2.05, 4.69) is 6.07 Å². The minimum absolute atomic E-state index is 0.0824. The standard InChI is InChI=1S/C19H27N3O3S/c1-3-22-14(2)13-15(24)17(19(22)25)18(16-5-4-12-26-16)21-8-6-20(7-9-21)10-11-23/h4-5,12-13,18,23-24H,3,6-11H2,1-2H3/p+2/t18-/m1/s1. The van der Waals surface area contributed by atoms with Gasteiger partial charge in [0.25, 0.3) is 5.56 Å². The number of nitrogens with one attached hydrogen (secondary N) is 2. The van der Waals surface area contributed by atoms with Crippen LogP contribution in [-0.2, 0) is 6.54 Å². The van der Waals surface area contributed by atoms with Crippen molar-refractivity contribution in [2.24, 2.45) is 0 Å². The van der Waals surface area contributed by atoms with Crippen molar-refractivity contribution in [3.8, 4) is 5.75 Å². The van der Waals surface area contributed by atoms with Gasteiger partial charge in [0.05, 0.1) is 11.5 Å². The molecule has 4 N–H and O–H groups in total. The highest BCUT2D eigenvalue weighted by molar-refractivity contribution is 7.10. The fourth-order valence-corrected chi connectivity index (χ4v) is 4.95. The second-order valence-corrected chi connectivity index (χ2v) is 7.94. The number of aliphatic hydroxyl groups excluding tert-OH is 1. The third kappa shape index (κ3) is 3.71. The molecule has 0 radical (unpaired) electrons. The number of piperazine rings is 1. The molecule has 1 aliphatic heterocycles. The van der Waals surface area contributed by atoms with Gasteiger partial charge in [-0.25, -0.2) is 0 Å². The highest BCUT2D eigenvalue weighted by atomic mass is 32.1. The largest absolute Gasteiger partial charge is 0.507 e. The molecule has 0 bridgehead atoms. The summed E-state index contributed by atoms with van der Waals surface area (Å²) >= 11 is 1.64. The molecule has 1 fully saturated rings. The van der Waals surface area contributed by atoms with E-state index < -0.39 is 0 Å². The predicted molar refractivity (Wildman–Crippen MR) is 102 cm³/mol. The first kappa shape index (κ1) is 19.1. The molecule has 0 spiro atoms. The van der Waals surface area contributed by atoms with Gasteiger partial charge in [-0.15, -0.1) is 11.3 Å². The van der Waals surface area contributed by atoms with Gasteiger partial charge in [0.15, 0.2) is 6.04 Å². The molecule has 0 amide bonds. The summed E-state index contributed by atoms with van der Waals surface area (Å²) in [4.78, 5) is 17.0. The maximum atomic E-state index is 13.1. The Balaban J connectivity index is 2.01. The van der Waals surface area contributed by atoms with Crippen LogP contribution in [0, 0.1) is 6.92 Å². The third-order valence-corrected chi connectivity index (χ3v) is 6.37. The number of aromatic nitrogens is 1. The fraction of sp³-hybridized carbons (Fsp3) is 0.526. The minimum atomic E-state index is -0.142. The van der Waals surface area contributed by atoms with Crippen molar-refractivity contribution in [2.75, 3.05) is 39.3 Å². The van der Waals surface area contributed by atoms with Gasteiger partial charge in [0.1, 0.15) is 44.0 Å². The van der Waals surface area contributed by atoms with Crippen molar-refractivity contribution in [3.63, 3.8) is 0 Å². The number of thiophene rings is 1. The average molecular weight is 380 g/mol. The zero-order valence-electron chi connectivity index (χ0n) is 15.5. The quantitative estimate of drug-likeness (QED) is 0.510. The Labute approximate surface area is 157 Å². The Bertz CT molecular complexity index is 780. The van der Waals surface area contributed by atoms with Crippen LogP contribution in [0.5, 0.6) is 5.75 Å². The second-order valence-electron chi connectivity index (χ2n) is 6.96. The van der Waals surface area contributed by atoms with Crippen LogP contribution >= 0.6 is 11.3 Å². The molecule has 1 atom stereocenters. The van der Waals surface area contributed by atoms with Crippen LogP contribution in [-0.4, -0.2) is 54.1 Å². The van der Waals surface area contributed by atoms with E-state index in [1.54, 1.807) is 22.0 Å². The van der Waals surface area contributed by atoms with E-state index in [9.17, 15) is 15.0 Å². The number of aromatic hydroxyl groups is 1. The third-order valence-electron chi connectivity index (χ3n) is 5.43. The van der Waals surface area contributed by atoms with E-state index in [0.717, 1.165) is 43.3 Å². The lowest BCUT2D eigenvalue weighted by Gasteiger charge is -2.34. The summed E-state index contributed by atoms with van der Waals surface area (Å²) in [6, 6.07) is 5.64. The monoisotopic (exact) mass is 379 g/mol. The smallest absolute Gasteiger partial charge is 0.264 e. The van der Waals surface area contributed by atoms with Gasteiger partial charge in [-0.2, -0.15) is 0 Å². The molecule has 2 aromatic heterocycles. The van der Waals surface area contributed by atoms with E-state index in [1.807, 2.05) is 25.3 Å². The number of nitrogens with zero attached hydrogens (tertiary/aromatic N) is 1. The van der Waals surface area contributed by atoms with Gasteiger partial charge in [-0.1, -0.05) is 6.07 Å². The first-order chi connectivity index (χ1) is 12.6. The maximum Gasteiger partial charge on any atom is 0.264 e. The molecule has 1 saturated heterocycles. The van der Waals surface area contributed by atoms with Crippen LogP contribution in [0.4, 0.5) is 0 Å². The molecule has 0 saturated carbocycles. The van der Waals surface area contributed by atoms with E-state index in [-0.39, 0.29) is 24.0 Å². The summed E-state index contributed by atoms with van der Waals surface area (Å²) in [6.45, 7) is 9.15. The van der Waals surface area contributed by atoms with Gasteiger partial charge in [-0.05, 0) is 31.4 Å². The van der Waals surface area contributed by atoms with Crippen LogP contribution in [0.3, 0.4) is 0 Å². The van der Waals surface area contributed by atoms with Crippen molar-refractivity contribution in [1.82, 2.24) is 4.57 Å². The zero-order chi connectivity index (χ0) is 18.7. The molecule has 26 heavy (non-hydrogen) atoms. The van der Waals surface area contributed by atoms with Gasteiger partial charge >= 0.3 is 0 Å². The Morgan fingerprint density at radius 2 is 2.04 bits per heavy atom. The van der Waals surface area contributed by atoms with Crippen molar-refractivity contribution >= 4 is 11.3 Å². The molecule has 3 heterocycles. The van der Waals surface area contributed by atoms with Crippen LogP contribution < -0.4 is 15.4 Å².